The fourth-order valence-corrected chi connectivity index (χ4v) is 4.74. The Morgan fingerprint density at radius 3 is 2.72 bits per heavy atom. The van der Waals surface area contributed by atoms with E-state index in [0.29, 0.717) is 41.5 Å². The Morgan fingerprint density at radius 2 is 2.03 bits per heavy atom. The fraction of sp³-hybridized carbons (Fsp3) is 0.240. The quantitative estimate of drug-likeness (QED) is 0.585. The van der Waals surface area contributed by atoms with Crippen LogP contribution in [-0.2, 0) is 17.6 Å². The fourth-order valence-electron chi connectivity index (χ4n) is 4.52. The average Bonchev–Trinajstić information content (AvgIpc) is 3.20. The molecule has 2 N–H and O–H groups in total. The zero-order valence-corrected chi connectivity index (χ0v) is 18.3. The van der Waals surface area contributed by atoms with E-state index in [1.165, 1.54) is 17.2 Å². The van der Waals surface area contributed by atoms with E-state index in [1.807, 2.05) is 19.1 Å². The van der Waals surface area contributed by atoms with Crippen LogP contribution in [0.3, 0.4) is 0 Å². The first kappa shape index (κ1) is 22.0. The van der Waals surface area contributed by atoms with Gasteiger partial charge in [0.15, 0.2) is 0 Å². The summed E-state index contributed by atoms with van der Waals surface area (Å²) in [6.45, 7) is 1.96. The van der Waals surface area contributed by atoms with Crippen molar-refractivity contribution in [2.24, 2.45) is 5.73 Å². The van der Waals surface area contributed by atoms with Gasteiger partial charge in [0.2, 0.25) is 5.91 Å². The lowest BCUT2D eigenvalue weighted by molar-refractivity contribution is -0.123. The van der Waals surface area contributed by atoms with E-state index in [9.17, 15) is 14.0 Å². The molecule has 0 saturated heterocycles. The molecule has 32 heavy (non-hydrogen) atoms. The molecule has 1 aromatic heterocycles. The van der Waals surface area contributed by atoms with Crippen molar-refractivity contribution in [2.45, 2.75) is 38.3 Å². The topological polar surface area (TPSA) is 76.3 Å². The SMILES string of the molecule is CCc1ccccc1C(=O)N(C(C(N)=O)c1cccnc1)[C@@H]1CCc2c(F)cc(Cl)cc21. The molecule has 5 nitrogen and oxygen atoms in total. The first-order valence-electron chi connectivity index (χ1n) is 10.5. The van der Waals surface area contributed by atoms with Crippen LogP contribution in [0.1, 0.15) is 58.0 Å². The van der Waals surface area contributed by atoms with Gasteiger partial charge in [-0.3, -0.25) is 14.6 Å². The maximum atomic E-state index is 14.6. The van der Waals surface area contributed by atoms with Gasteiger partial charge in [-0.25, -0.2) is 4.39 Å². The van der Waals surface area contributed by atoms with Crippen LogP contribution < -0.4 is 5.73 Å². The highest BCUT2D eigenvalue weighted by Gasteiger charge is 2.40. The van der Waals surface area contributed by atoms with E-state index in [4.69, 9.17) is 17.3 Å². The van der Waals surface area contributed by atoms with Crippen molar-refractivity contribution in [1.82, 2.24) is 9.88 Å². The summed E-state index contributed by atoms with van der Waals surface area (Å²) in [6, 6.07) is 12.0. The van der Waals surface area contributed by atoms with E-state index in [0.717, 1.165) is 5.56 Å². The summed E-state index contributed by atoms with van der Waals surface area (Å²) in [5.74, 6) is -1.43. The largest absolute Gasteiger partial charge is 0.368 e. The normalized spacial score (nSPS) is 15.8. The molecule has 0 radical (unpaired) electrons. The van der Waals surface area contributed by atoms with Gasteiger partial charge in [0.1, 0.15) is 11.9 Å². The van der Waals surface area contributed by atoms with Crippen LogP contribution in [0.5, 0.6) is 0 Å². The molecule has 2 amide bonds. The molecule has 0 aliphatic heterocycles. The average molecular weight is 452 g/mol. The molecule has 1 aliphatic carbocycles. The molecular weight excluding hydrogens is 429 g/mol. The lowest BCUT2D eigenvalue weighted by atomic mass is 9.97. The van der Waals surface area contributed by atoms with Gasteiger partial charge in [-0.1, -0.05) is 42.8 Å². The second-order valence-corrected chi connectivity index (χ2v) is 8.26. The third-order valence-corrected chi connectivity index (χ3v) is 6.19. The minimum atomic E-state index is -1.07. The number of carbonyl (C=O) groups excluding carboxylic acids is 2. The van der Waals surface area contributed by atoms with Gasteiger partial charge < -0.3 is 10.6 Å². The smallest absolute Gasteiger partial charge is 0.255 e. The second kappa shape index (κ2) is 9.09. The molecule has 1 heterocycles. The lowest BCUT2D eigenvalue weighted by Gasteiger charge is -2.36. The van der Waals surface area contributed by atoms with E-state index in [-0.39, 0.29) is 10.9 Å². The number of hydrogen-bond donors (Lipinski definition) is 1. The molecule has 1 aliphatic rings. The monoisotopic (exact) mass is 451 g/mol. The number of carbonyl (C=O) groups is 2. The van der Waals surface area contributed by atoms with E-state index in [1.54, 1.807) is 36.5 Å². The number of hydrogen-bond acceptors (Lipinski definition) is 3. The maximum absolute atomic E-state index is 14.6. The summed E-state index contributed by atoms with van der Waals surface area (Å²) in [5.41, 5.74) is 8.80. The maximum Gasteiger partial charge on any atom is 0.255 e. The lowest BCUT2D eigenvalue weighted by Crippen LogP contribution is -2.43. The highest BCUT2D eigenvalue weighted by molar-refractivity contribution is 6.30. The van der Waals surface area contributed by atoms with Gasteiger partial charge >= 0.3 is 0 Å². The Bertz CT molecular complexity index is 1170. The van der Waals surface area contributed by atoms with Gasteiger partial charge in [0.25, 0.3) is 5.91 Å². The summed E-state index contributed by atoms with van der Waals surface area (Å²) in [4.78, 5) is 32.3. The van der Waals surface area contributed by atoms with Crippen molar-refractivity contribution >= 4 is 23.4 Å². The standard InChI is InChI=1S/C25H23ClFN3O2/c1-2-15-6-3-4-8-18(15)25(32)30(23(24(28)31)16-7-5-11-29-14-16)22-10-9-19-20(22)12-17(26)13-21(19)27/h3-8,11-14,22-23H,2,9-10H2,1H3,(H2,28,31)/t22-,23?/m1/s1. The Kier molecular flexibility index (Phi) is 6.24. The Labute approximate surface area is 191 Å². The summed E-state index contributed by atoms with van der Waals surface area (Å²) in [5, 5.41) is 0.242. The second-order valence-electron chi connectivity index (χ2n) is 7.82. The van der Waals surface area contributed by atoms with E-state index in [2.05, 4.69) is 4.98 Å². The number of fused-ring (bicyclic) bond motifs is 1. The summed E-state index contributed by atoms with van der Waals surface area (Å²) in [6.07, 6.45) is 4.64. The molecule has 3 aromatic rings. The molecule has 0 fully saturated rings. The minimum Gasteiger partial charge on any atom is -0.368 e. The number of amides is 2. The molecule has 7 heteroatoms. The van der Waals surface area contributed by atoms with Gasteiger partial charge in [0, 0.05) is 28.5 Å². The number of nitrogens with two attached hydrogens (primary N) is 1. The zero-order valence-electron chi connectivity index (χ0n) is 17.6. The molecule has 164 valence electrons. The number of primary amides is 1. The summed E-state index contributed by atoms with van der Waals surface area (Å²) < 4.78 is 14.6. The van der Waals surface area contributed by atoms with E-state index < -0.39 is 23.8 Å². The van der Waals surface area contributed by atoms with Crippen LogP contribution in [0.2, 0.25) is 5.02 Å². The zero-order chi connectivity index (χ0) is 22.8. The van der Waals surface area contributed by atoms with Crippen molar-refractivity contribution in [1.29, 1.82) is 0 Å². The number of aryl methyl sites for hydroxylation is 1. The first-order chi connectivity index (χ1) is 15.4. The van der Waals surface area contributed by atoms with Gasteiger partial charge in [0.05, 0.1) is 6.04 Å². The van der Waals surface area contributed by atoms with Crippen LogP contribution >= 0.6 is 11.6 Å². The van der Waals surface area contributed by atoms with Crippen LogP contribution in [0.25, 0.3) is 0 Å². The van der Waals surface area contributed by atoms with Crippen molar-refractivity contribution in [3.63, 3.8) is 0 Å². The molecule has 0 saturated carbocycles. The Morgan fingerprint density at radius 1 is 1.25 bits per heavy atom. The number of rotatable bonds is 6. The van der Waals surface area contributed by atoms with Crippen LogP contribution in [0.4, 0.5) is 4.39 Å². The van der Waals surface area contributed by atoms with Gasteiger partial charge in [-0.2, -0.15) is 0 Å². The highest BCUT2D eigenvalue weighted by atomic mass is 35.5. The third-order valence-electron chi connectivity index (χ3n) is 5.97. The van der Waals surface area contributed by atoms with E-state index >= 15 is 0 Å². The number of pyridine rings is 1. The molecule has 0 bridgehead atoms. The van der Waals surface area contributed by atoms with Gasteiger partial charge in [-0.15, -0.1) is 0 Å². The first-order valence-corrected chi connectivity index (χ1v) is 10.9. The van der Waals surface area contributed by atoms with Crippen molar-refractivity contribution < 1.29 is 14.0 Å². The number of aromatic nitrogens is 1. The van der Waals surface area contributed by atoms with Gasteiger partial charge in [-0.05, 0) is 60.2 Å². The summed E-state index contributed by atoms with van der Waals surface area (Å²) >= 11 is 6.16. The molecule has 4 rings (SSSR count). The van der Waals surface area contributed by atoms with Crippen molar-refractivity contribution in [2.75, 3.05) is 0 Å². The Balaban J connectivity index is 1.91. The molecule has 0 spiro atoms. The van der Waals surface area contributed by atoms with Crippen molar-refractivity contribution in [3.05, 3.63) is 99.6 Å². The van der Waals surface area contributed by atoms with Crippen LogP contribution in [0, 0.1) is 5.82 Å². The summed E-state index contributed by atoms with van der Waals surface area (Å²) in [7, 11) is 0. The van der Waals surface area contributed by atoms with Crippen LogP contribution in [-0.4, -0.2) is 21.7 Å². The number of benzene rings is 2. The van der Waals surface area contributed by atoms with Crippen LogP contribution in [0.15, 0.2) is 60.9 Å². The predicted octanol–water partition coefficient (Wildman–Crippen LogP) is 4.79. The number of nitrogens with zero attached hydrogens (tertiary/aromatic N) is 2. The third kappa shape index (κ3) is 3.98. The molecule has 1 unspecified atom stereocenters. The number of halogens is 2. The Hall–Kier alpha value is -3.25. The van der Waals surface area contributed by atoms with Crippen molar-refractivity contribution in [3.8, 4) is 0 Å². The molecule has 2 atom stereocenters. The minimum absolute atomic E-state index is 0.242. The molecular formula is C25H23ClFN3O2. The molecule has 2 aromatic carbocycles. The highest BCUT2D eigenvalue weighted by Crippen LogP contribution is 2.43. The predicted molar refractivity (Wildman–Crippen MR) is 121 cm³/mol.